The second kappa shape index (κ2) is 4.31. The molecule has 0 heterocycles. The van der Waals surface area contributed by atoms with Crippen molar-refractivity contribution in [3.8, 4) is 0 Å². The van der Waals surface area contributed by atoms with E-state index < -0.39 is 11.4 Å². The van der Waals surface area contributed by atoms with Crippen molar-refractivity contribution >= 4 is 5.97 Å². The van der Waals surface area contributed by atoms with Crippen molar-refractivity contribution in [1.82, 2.24) is 0 Å². The van der Waals surface area contributed by atoms with Gasteiger partial charge in [0.05, 0.1) is 26.7 Å². The van der Waals surface area contributed by atoms with E-state index in [-0.39, 0.29) is 19.6 Å². The van der Waals surface area contributed by atoms with Gasteiger partial charge in [0.25, 0.3) is 0 Å². The molecule has 0 unspecified atom stereocenters. The van der Waals surface area contributed by atoms with E-state index in [1.54, 1.807) is 6.92 Å². The van der Waals surface area contributed by atoms with Crippen LogP contribution >= 0.6 is 0 Å². The molecular weight excluding hydrogens is 148 g/mol. The Morgan fingerprint density at radius 3 is 2.18 bits per heavy atom. The molecule has 0 fully saturated rings. The lowest BCUT2D eigenvalue weighted by Crippen LogP contribution is -2.29. The Balaban J connectivity index is 3.96. The minimum atomic E-state index is -0.757. The van der Waals surface area contributed by atoms with Crippen molar-refractivity contribution in [2.45, 2.75) is 13.3 Å². The second-order valence-corrected chi connectivity index (χ2v) is 2.88. The van der Waals surface area contributed by atoms with Crippen molar-refractivity contribution in [2.75, 3.05) is 20.3 Å². The van der Waals surface area contributed by atoms with Crippen LogP contribution in [0.3, 0.4) is 0 Å². The van der Waals surface area contributed by atoms with E-state index in [9.17, 15) is 4.79 Å². The Hall–Kier alpha value is -0.610. The monoisotopic (exact) mass is 162 g/mol. The molecular formula is C7H14O4. The molecule has 0 aliphatic rings. The van der Waals surface area contributed by atoms with Gasteiger partial charge in [0.2, 0.25) is 0 Å². The van der Waals surface area contributed by atoms with Gasteiger partial charge in [0, 0.05) is 5.41 Å². The summed E-state index contributed by atoms with van der Waals surface area (Å²) in [6, 6.07) is 0. The van der Waals surface area contributed by atoms with Crippen molar-refractivity contribution in [3.05, 3.63) is 0 Å². The molecule has 4 heteroatoms. The van der Waals surface area contributed by atoms with Crippen LogP contribution in [-0.4, -0.2) is 36.5 Å². The van der Waals surface area contributed by atoms with Crippen LogP contribution in [-0.2, 0) is 9.53 Å². The van der Waals surface area contributed by atoms with Crippen LogP contribution in [0.4, 0.5) is 0 Å². The van der Waals surface area contributed by atoms with E-state index in [0.717, 1.165) is 0 Å². The summed E-state index contributed by atoms with van der Waals surface area (Å²) in [7, 11) is 1.28. The minimum Gasteiger partial charge on any atom is -0.469 e. The molecule has 0 aromatic carbocycles. The summed E-state index contributed by atoms with van der Waals surface area (Å²) in [6.07, 6.45) is 0.0382. The van der Waals surface area contributed by atoms with E-state index in [0.29, 0.717) is 0 Å². The normalized spacial score (nSPS) is 11.3. The number of aliphatic hydroxyl groups is 2. The highest BCUT2D eigenvalue weighted by atomic mass is 16.5. The summed E-state index contributed by atoms with van der Waals surface area (Å²) >= 11 is 0. The number of hydrogen-bond acceptors (Lipinski definition) is 4. The topological polar surface area (TPSA) is 66.8 Å². The van der Waals surface area contributed by atoms with E-state index in [2.05, 4.69) is 4.74 Å². The number of hydrogen-bond donors (Lipinski definition) is 2. The molecule has 0 atom stereocenters. The van der Waals surface area contributed by atoms with Gasteiger partial charge in [-0.15, -0.1) is 0 Å². The number of carbonyl (C=O) groups excluding carboxylic acids is 1. The molecule has 0 saturated carbocycles. The molecule has 2 N–H and O–H groups in total. The lowest BCUT2D eigenvalue weighted by molar-refractivity contribution is -0.144. The first kappa shape index (κ1) is 10.4. The van der Waals surface area contributed by atoms with Gasteiger partial charge < -0.3 is 14.9 Å². The molecule has 0 saturated heterocycles. The van der Waals surface area contributed by atoms with Gasteiger partial charge in [0.1, 0.15) is 0 Å². The number of methoxy groups -OCH3 is 1. The van der Waals surface area contributed by atoms with Gasteiger partial charge in [0.15, 0.2) is 0 Å². The fourth-order valence-electron chi connectivity index (χ4n) is 0.582. The third-order valence-electron chi connectivity index (χ3n) is 1.56. The van der Waals surface area contributed by atoms with E-state index in [1.165, 1.54) is 7.11 Å². The van der Waals surface area contributed by atoms with E-state index >= 15 is 0 Å². The minimum absolute atomic E-state index is 0.0382. The van der Waals surface area contributed by atoms with Gasteiger partial charge in [-0.25, -0.2) is 0 Å². The van der Waals surface area contributed by atoms with Crippen LogP contribution in [0, 0.1) is 5.41 Å². The third kappa shape index (κ3) is 3.34. The molecule has 0 aromatic heterocycles. The zero-order chi connectivity index (χ0) is 8.91. The molecule has 0 rings (SSSR count). The Morgan fingerprint density at radius 2 is 1.91 bits per heavy atom. The smallest absolute Gasteiger partial charge is 0.306 e. The molecule has 66 valence electrons. The SMILES string of the molecule is COC(=O)CC(C)(CO)CO. The highest BCUT2D eigenvalue weighted by Crippen LogP contribution is 2.19. The summed E-state index contributed by atoms with van der Waals surface area (Å²) < 4.78 is 4.39. The van der Waals surface area contributed by atoms with Crippen molar-refractivity contribution in [3.63, 3.8) is 0 Å². The van der Waals surface area contributed by atoms with Crippen molar-refractivity contribution < 1.29 is 19.7 Å². The first-order valence-corrected chi connectivity index (χ1v) is 3.36. The average Bonchev–Trinajstić information content (AvgIpc) is 2.04. The van der Waals surface area contributed by atoms with Crippen LogP contribution < -0.4 is 0 Å². The fraction of sp³-hybridized carbons (Fsp3) is 0.857. The molecule has 11 heavy (non-hydrogen) atoms. The van der Waals surface area contributed by atoms with Crippen LogP contribution in [0.2, 0.25) is 0 Å². The lowest BCUT2D eigenvalue weighted by atomic mass is 9.89. The molecule has 0 spiro atoms. The number of aliphatic hydroxyl groups excluding tert-OH is 2. The highest BCUT2D eigenvalue weighted by molar-refractivity contribution is 5.70. The summed E-state index contributed by atoms with van der Waals surface area (Å²) in [5.41, 5.74) is -0.757. The van der Waals surface area contributed by atoms with Crippen LogP contribution in [0.25, 0.3) is 0 Å². The van der Waals surface area contributed by atoms with Crippen LogP contribution in [0.15, 0.2) is 0 Å². The maximum atomic E-state index is 10.7. The van der Waals surface area contributed by atoms with Crippen molar-refractivity contribution in [2.24, 2.45) is 5.41 Å². The zero-order valence-corrected chi connectivity index (χ0v) is 6.83. The zero-order valence-electron chi connectivity index (χ0n) is 6.83. The predicted octanol–water partition coefficient (Wildman–Crippen LogP) is -0.460. The van der Waals surface area contributed by atoms with Gasteiger partial charge in [-0.1, -0.05) is 6.92 Å². The molecule has 0 aliphatic heterocycles. The molecule has 0 aliphatic carbocycles. The number of esters is 1. The van der Waals surface area contributed by atoms with Gasteiger partial charge in [-0.05, 0) is 0 Å². The maximum absolute atomic E-state index is 10.7. The molecule has 0 bridgehead atoms. The lowest BCUT2D eigenvalue weighted by Gasteiger charge is -2.22. The summed E-state index contributed by atoms with van der Waals surface area (Å²) in [5, 5.41) is 17.5. The number of carbonyl (C=O) groups is 1. The maximum Gasteiger partial charge on any atom is 0.306 e. The van der Waals surface area contributed by atoms with Gasteiger partial charge >= 0.3 is 5.97 Å². The van der Waals surface area contributed by atoms with Crippen LogP contribution in [0.1, 0.15) is 13.3 Å². The predicted molar refractivity (Wildman–Crippen MR) is 38.9 cm³/mol. The summed E-state index contributed by atoms with van der Waals surface area (Å²) in [6.45, 7) is 1.17. The summed E-state index contributed by atoms with van der Waals surface area (Å²) in [4.78, 5) is 10.7. The Kier molecular flexibility index (Phi) is 4.07. The van der Waals surface area contributed by atoms with Gasteiger partial charge in [-0.3, -0.25) is 4.79 Å². The van der Waals surface area contributed by atoms with Crippen LogP contribution in [0.5, 0.6) is 0 Å². The Bertz CT molecular complexity index is 128. The quantitative estimate of drug-likeness (QED) is 0.549. The number of ether oxygens (including phenoxy) is 1. The van der Waals surface area contributed by atoms with Crippen molar-refractivity contribution in [1.29, 1.82) is 0 Å². The highest BCUT2D eigenvalue weighted by Gasteiger charge is 2.26. The number of rotatable bonds is 4. The first-order chi connectivity index (χ1) is 5.08. The van der Waals surface area contributed by atoms with Gasteiger partial charge in [-0.2, -0.15) is 0 Å². The molecule has 0 radical (unpaired) electrons. The average molecular weight is 162 g/mol. The molecule has 0 amide bonds. The summed E-state index contributed by atoms with van der Waals surface area (Å²) in [5.74, 6) is -0.421. The van der Waals surface area contributed by atoms with E-state index in [1.807, 2.05) is 0 Å². The third-order valence-corrected chi connectivity index (χ3v) is 1.56. The molecule has 4 nitrogen and oxygen atoms in total. The second-order valence-electron chi connectivity index (χ2n) is 2.88. The largest absolute Gasteiger partial charge is 0.469 e. The molecule has 0 aromatic rings. The van der Waals surface area contributed by atoms with E-state index in [4.69, 9.17) is 10.2 Å². The standard InChI is InChI=1S/C7H14O4/c1-7(4-8,5-9)3-6(10)11-2/h8-9H,3-5H2,1-2H3. The Labute approximate surface area is 65.8 Å². The fourth-order valence-corrected chi connectivity index (χ4v) is 0.582. The Morgan fingerprint density at radius 1 is 1.45 bits per heavy atom. The first-order valence-electron chi connectivity index (χ1n) is 3.36.